The summed E-state index contributed by atoms with van der Waals surface area (Å²) >= 11 is 10.4. The Balaban J connectivity index is 2.51. The number of hydrogen-bond acceptors (Lipinski definition) is 5. The molecule has 0 saturated heterocycles. The summed E-state index contributed by atoms with van der Waals surface area (Å²) in [6, 6.07) is 7.73. The number of hydrogen-bond donors (Lipinski definition) is 4. The highest BCUT2D eigenvalue weighted by Gasteiger charge is 2.23. The fourth-order valence-corrected chi connectivity index (χ4v) is 4.26. The van der Waals surface area contributed by atoms with Gasteiger partial charge in [-0.1, -0.05) is 53.3 Å². The molecular formula is C20H26O2S3. The average molecular weight is 395 g/mol. The molecule has 0 fully saturated rings. The van der Waals surface area contributed by atoms with Gasteiger partial charge in [-0.25, -0.2) is 0 Å². The molecule has 0 spiro atoms. The third-order valence-corrected chi connectivity index (χ3v) is 5.60. The molecule has 5 heteroatoms. The minimum absolute atomic E-state index is 0.182. The molecule has 2 rings (SSSR count). The van der Waals surface area contributed by atoms with Gasteiger partial charge in [0.1, 0.15) is 11.5 Å². The van der Waals surface area contributed by atoms with E-state index in [2.05, 4.69) is 66.8 Å². The second-order valence-corrected chi connectivity index (χ2v) is 10.4. The van der Waals surface area contributed by atoms with Crippen molar-refractivity contribution in [1.82, 2.24) is 0 Å². The highest BCUT2D eigenvalue weighted by Crippen LogP contribution is 2.43. The molecule has 2 N–H and O–H groups in total. The lowest BCUT2D eigenvalue weighted by atomic mass is 9.86. The Bertz CT molecular complexity index is 733. The molecule has 0 aromatic heterocycles. The Labute approximate surface area is 165 Å². The quantitative estimate of drug-likeness (QED) is 0.444. The number of phenolic OH excluding ortho intramolecular Hbond substituents is 2. The molecule has 0 heterocycles. The molecule has 136 valence electrons. The van der Waals surface area contributed by atoms with Gasteiger partial charge < -0.3 is 10.2 Å². The second kappa shape index (κ2) is 7.01. The van der Waals surface area contributed by atoms with Crippen molar-refractivity contribution in [2.24, 2.45) is 0 Å². The molecule has 0 atom stereocenters. The smallest absolute Gasteiger partial charge is 0.132 e. The van der Waals surface area contributed by atoms with Crippen LogP contribution in [0.5, 0.6) is 11.5 Å². The average Bonchev–Trinajstić information content (AvgIpc) is 2.43. The lowest BCUT2D eigenvalue weighted by Gasteiger charge is -2.23. The van der Waals surface area contributed by atoms with Crippen LogP contribution in [0.3, 0.4) is 0 Å². The van der Waals surface area contributed by atoms with Crippen LogP contribution in [0.1, 0.15) is 52.7 Å². The van der Waals surface area contributed by atoms with Crippen molar-refractivity contribution in [2.75, 3.05) is 0 Å². The Kier molecular flexibility index (Phi) is 5.72. The molecule has 0 radical (unpaired) electrons. The minimum Gasteiger partial charge on any atom is -0.506 e. The monoisotopic (exact) mass is 394 g/mol. The first-order valence-corrected chi connectivity index (χ1v) is 9.82. The lowest BCUT2D eigenvalue weighted by Crippen LogP contribution is -2.12. The molecule has 0 amide bonds. The van der Waals surface area contributed by atoms with E-state index in [0.717, 1.165) is 20.9 Å². The van der Waals surface area contributed by atoms with Crippen molar-refractivity contribution in [1.29, 1.82) is 0 Å². The Morgan fingerprint density at radius 3 is 1.28 bits per heavy atom. The Morgan fingerprint density at radius 1 is 0.680 bits per heavy atom. The molecule has 0 bridgehead atoms. The van der Waals surface area contributed by atoms with E-state index in [4.69, 9.17) is 0 Å². The second-order valence-electron chi connectivity index (χ2n) is 8.28. The van der Waals surface area contributed by atoms with Gasteiger partial charge in [0, 0.05) is 30.7 Å². The van der Waals surface area contributed by atoms with Gasteiger partial charge in [0.15, 0.2) is 0 Å². The van der Waals surface area contributed by atoms with Gasteiger partial charge >= 0.3 is 0 Å². The van der Waals surface area contributed by atoms with Gasteiger partial charge in [0.05, 0.1) is 0 Å². The van der Waals surface area contributed by atoms with Crippen LogP contribution in [-0.4, -0.2) is 10.2 Å². The minimum atomic E-state index is -0.182. The van der Waals surface area contributed by atoms with Crippen LogP contribution in [0.2, 0.25) is 0 Å². The first-order valence-electron chi connectivity index (χ1n) is 8.11. The summed E-state index contributed by atoms with van der Waals surface area (Å²) in [5.41, 5.74) is 1.36. The van der Waals surface area contributed by atoms with E-state index >= 15 is 0 Å². The highest BCUT2D eigenvalue weighted by atomic mass is 32.2. The van der Waals surface area contributed by atoms with Crippen LogP contribution < -0.4 is 0 Å². The van der Waals surface area contributed by atoms with Gasteiger partial charge in [-0.3, -0.25) is 0 Å². The standard InChI is InChI=1S/C20H26O2S3/c1-19(2,3)13-7-11(9-15(23)17(13)21)25-12-8-14(20(4,5)6)18(22)16(24)10-12/h7-10,21-24H,1-6H3. The maximum absolute atomic E-state index is 10.3. The summed E-state index contributed by atoms with van der Waals surface area (Å²) in [4.78, 5) is 3.11. The number of rotatable bonds is 2. The summed E-state index contributed by atoms with van der Waals surface area (Å²) in [5.74, 6) is 0.465. The van der Waals surface area contributed by atoms with E-state index in [0.29, 0.717) is 9.79 Å². The van der Waals surface area contributed by atoms with E-state index in [9.17, 15) is 10.2 Å². The lowest BCUT2D eigenvalue weighted by molar-refractivity contribution is 0.433. The number of aromatic hydroxyl groups is 2. The topological polar surface area (TPSA) is 40.5 Å². The molecular weight excluding hydrogens is 368 g/mol. The van der Waals surface area contributed by atoms with Crippen LogP contribution >= 0.6 is 37.0 Å². The van der Waals surface area contributed by atoms with E-state index < -0.39 is 0 Å². The predicted octanol–water partition coefficient (Wildman–Crippen LogP) is 6.42. The van der Waals surface area contributed by atoms with Crippen molar-refractivity contribution in [3.63, 3.8) is 0 Å². The highest BCUT2D eigenvalue weighted by molar-refractivity contribution is 7.99. The van der Waals surface area contributed by atoms with Crippen molar-refractivity contribution in [2.45, 2.75) is 72.0 Å². The molecule has 2 aromatic carbocycles. The maximum Gasteiger partial charge on any atom is 0.132 e. The maximum atomic E-state index is 10.3. The van der Waals surface area contributed by atoms with E-state index in [1.807, 2.05) is 24.3 Å². The third kappa shape index (κ3) is 4.63. The fourth-order valence-electron chi connectivity index (χ4n) is 2.58. The van der Waals surface area contributed by atoms with Gasteiger partial charge in [-0.2, -0.15) is 0 Å². The summed E-state index contributed by atoms with van der Waals surface area (Å²) in [6.45, 7) is 12.4. The van der Waals surface area contributed by atoms with Crippen molar-refractivity contribution in [3.05, 3.63) is 35.4 Å². The van der Waals surface area contributed by atoms with Crippen molar-refractivity contribution < 1.29 is 10.2 Å². The molecule has 0 aliphatic heterocycles. The van der Waals surface area contributed by atoms with Crippen LogP contribution in [0.25, 0.3) is 0 Å². The summed E-state index contributed by atoms with van der Waals surface area (Å²) in [5, 5.41) is 20.6. The number of phenols is 2. The Hall–Kier alpha value is -0.910. The molecule has 0 aliphatic carbocycles. The summed E-state index contributed by atoms with van der Waals surface area (Å²) in [7, 11) is 0. The molecule has 2 aromatic rings. The van der Waals surface area contributed by atoms with Gasteiger partial charge in [-0.05, 0) is 35.1 Å². The largest absolute Gasteiger partial charge is 0.506 e. The van der Waals surface area contributed by atoms with E-state index in [1.54, 1.807) is 11.8 Å². The molecule has 0 unspecified atom stereocenters. The zero-order valence-corrected chi connectivity index (χ0v) is 18.1. The van der Waals surface area contributed by atoms with Gasteiger partial charge in [0.2, 0.25) is 0 Å². The van der Waals surface area contributed by atoms with Crippen molar-refractivity contribution >= 4 is 37.0 Å². The third-order valence-electron chi connectivity index (χ3n) is 3.98. The van der Waals surface area contributed by atoms with Crippen LogP contribution in [0, 0.1) is 0 Å². The predicted molar refractivity (Wildman–Crippen MR) is 112 cm³/mol. The molecule has 0 saturated carbocycles. The Morgan fingerprint density at radius 2 is 1.00 bits per heavy atom. The van der Waals surface area contributed by atoms with Crippen LogP contribution in [0.4, 0.5) is 0 Å². The number of thiol groups is 2. The van der Waals surface area contributed by atoms with Crippen LogP contribution in [-0.2, 0) is 10.8 Å². The summed E-state index contributed by atoms with van der Waals surface area (Å²) in [6.07, 6.45) is 0. The molecule has 0 aliphatic rings. The van der Waals surface area contributed by atoms with E-state index in [-0.39, 0.29) is 22.3 Å². The van der Waals surface area contributed by atoms with Gasteiger partial charge in [0.25, 0.3) is 0 Å². The number of benzene rings is 2. The van der Waals surface area contributed by atoms with E-state index in [1.165, 1.54) is 0 Å². The molecule has 2 nitrogen and oxygen atoms in total. The zero-order valence-electron chi connectivity index (χ0n) is 15.5. The van der Waals surface area contributed by atoms with Gasteiger partial charge in [-0.15, -0.1) is 25.3 Å². The SMILES string of the molecule is CC(C)(C)c1cc(Sc2cc(S)c(O)c(C(C)(C)C)c2)cc(S)c1O. The first-order chi connectivity index (χ1) is 11.3. The van der Waals surface area contributed by atoms with Crippen LogP contribution in [0.15, 0.2) is 43.8 Å². The summed E-state index contributed by atoms with van der Waals surface area (Å²) < 4.78 is 0. The zero-order chi connectivity index (χ0) is 19.2. The molecule has 25 heavy (non-hydrogen) atoms. The normalized spacial score (nSPS) is 12.5. The first kappa shape index (κ1) is 20.4. The van der Waals surface area contributed by atoms with Crippen molar-refractivity contribution in [3.8, 4) is 11.5 Å². The fraction of sp³-hybridized carbons (Fsp3) is 0.400.